The van der Waals surface area contributed by atoms with Gasteiger partial charge in [0.15, 0.2) is 0 Å². The van der Waals surface area contributed by atoms with Crippen LogP contribution in [0.3, 0.4) is 0 Å². The molecule has 8 nitrogen and oxygen atoms in total. The molecule has 3 N–H and O–H groups in total. The molecular weight excluding hydrogens is 466 g/mol. The molecule has 3 rings (SSSR count). The van der Waals surface area contributed by atoms with E-state index in [9.17, 15) is 18.3 Å². The Bertz CT molecular complexity index is 1260. The lowest BCUT2D eigenvalue weighted by Gasteiger charge is -2.13. The van der Waals surface area contributed by atoms with Gasteiger partial charge in [-0.15, -0.1) is 0 Å². The fourth-order valence-electron chi connectivity index (χ4n) is 3.08. The second-order valence-electron chi connectivity index (χ2n) is 7.58. The summed E-state index contributed by atoms with van der Waals surface area (Å²) in [6.45, 7) is 1.17. The number of ether oxygens (including phenoxy) is 1. The number of rotatable bonds is 12. The van der Waals surface area contributed by atoms with Crippen LogP contribution in [0, 0.1) is 11.8 Å². The van der Waals surface area contributed by atoms with Crippen LogP contribution in [0.4, 0.5) is 5.82 Å². The van der Waals surface area contributed by atoms with Crippen LogP contribution in [0.15, 0.2) is 83.9 Å². The van der Waals surface area contributed by atoms with Crippen LogP contribution in [0.25, 0.3) is 0 Å². The van der Waals surface area contributed by atoms with Crippen molar-refractivity contribution in [3.8, 4) is 17.6 Å². The summed E-state index contributed by atoms with van der Waals surface area (Å²) in [4.78, 5) is 15.4. The first-order chi connectivity index (χ1) is 16.9. The molecule has 0 aliphatic rings. The first-order valence-corrected chi connectivity index (χ1v) is 12.6. The highest BCUT2D eigenvalue weighted by Crippen LogP contribution is 2.18. The average molecular weight is 494 g/mol. The fourth-order valence-corrected chi connectivity index (χ4v) is 4.26. The third-order valence-corrected chi connectivity index (χ3v) is 6.24. The van der Waals surface area contributed by atoms with Crippen molar-refractivity contribution in [3.05, 3.63) is 84.6 Å². The molecule has 9 heteroatoms. The molecule has 0 saturated heterocycles. The van der Waals surface area contributed by atoms with Gasteiger partial charge in [-0.1, -0.05) is 42.2 Å². The Labute approximate surface area is 205 Å². The van der Waals surface area contributed by atoms with Crippen LogP contribution in [0.2, 0.25) is 0 Å². The van der Waals surface area contributed by atoms with Gasteiger partial charge < -0.3 is 15.2 Å². The summed E-state index contributed by atoms with van der Waals surface area (Å²) in [6.07, 6.45) is 2.88. The summed E-state index contributed by atoms with van der Waals surface area (Å²) >= 11 is 0. The number of aliphatic carboxylic acids is 1. The van der Waals surface area contributed by atoms with Crippen LogP contribution in [-0.4, -0.2) is 43.7 Å². The predicted octanol–water partition coefficient (Wildman–Crippen LogP) is 3.53. The summed E-state index contributed by atoms with van der Waals surface area (Å²) in [5.74, 6) is 5.60. The number of pyridine rings is 1. The summed E-state index contributed by atoms with van der Waals surface area (Å²) in [5.41, 5.74) is 0.660. The molecule has 1 heterocycles. The monoisotopic (exact) mass is 493 g/mol. The van der Waals surface area contributed by atoms with Crippen molar-refractivity contribution in [2.45, 2.75) is 30.2 Å². The highest BCUT2D eigenvalue weighted by molar-refractivity contribution is 7.89. The molecule has 0 amide bonds. The number of benzene rings is 2. The van der Waals surface area contributed by atoms with Gasteiger partial charge in [0.1, 0.15) is 11.6 Å². The SMILES string of the molecule is O=C(O)CC(C#Cc1ccccc1)NS(=O)(=O)c1cccc(OCCCCNc2ccccn2)c1. The van der Waals surface area contributed by atoms with E-state index in [4.69, 9.17) is 4.74 Å². The van der Waals surface area contributed by atoms with Crippen molar-refractivity contribution in [1.82, 2.24) is 9.71 Å². The van der Waals surface area contributed by atoms with Gasteiger partial charge in [0.25, 0.3) is 0 Å². The van der Waals surface area contributed by atoms with E-state index in [1.807, 2.05) is 24.3 Å². The maximum absolute atomic E-state index is 12.9. The largest absolute Gasteiger partial charge is 0.494 e. The minimum Gasteiger partial charge on any atom is -0.494 e. The highest BCUT2D eigenvalue weighted by Gasteiger charge is 2.21. The van der Waals surface area contributed by atoms with Gasteiger partial charge in [0.05, 0.1) is 24.0 Å². The predicted molar refractivity (Wildman–Crippen MR) is 134 cm³/mol. The normalized spacial score (nSPS) is 11.7. The second-order valence-corrected chi connectivity index (χ2v) is 9.29. The molecule has 0 bridgehead atoms. The second kappa shape index (κ2) is 13.1. The van der Waals surface area contributed by atoms with E-state index < -0.39 is 28.5 Å². The number of nitrogens with zero attached hydrogens (tertiary/aromatic N) is 1. The Kier molecular flexibility index (Phi) is 9.66. The number of carbonyl (C=O) groups is 1. The van der Waals surface area contributed by atoms with Crippen molar-refractivity contribution in [3.63, 3.8) is 0 Å². The molecule has 0 aliphatic carbocycles. The number of anilines is 1. The summed E-state index contributed by atoms with van der Waals surface area (Å²) in [6, 6.07) is 19.6. The maximum atomic E-state index is 12.9. The fraction of sp³-hybridized carbons (Fsp3) is 0.231. The van der Waals surface area contributed by atoms with E-state index in [-0.39, 0.29) is 4.90 Å². The minimum absolute atomic E-state index is 0.0243. The average Bonchev–Trinajstić information content (AvgIpc) is 2.85. The highest BCUT2D eigenvalue weighted by atomic mass is 32.2. The zero-order valence-corrected chi connectivity index (χ0v) is 19.9. The van der Waals surface area contributed by atoms with Gasteiger partial charge in [-0.25, -0.2) is 13.4 Å². The van der Waals surface area contributed by atoms with E-state index in [2.05, 4.69) is 26.9 Å². The number of aromatic nitrogens is 1. The van der Waals surface area contributed by atoms with Gasteiger partial charge in [-0.2, -0.15) is 4.72 Å². The molecule has 182 valence electrons. The van der Waals surface area contributed by atoms with Gasteiger partial charge in [0.2, 0.25) is 10.0 Å². The van der Waals surface area contributed by atoms with Crippen LogP contribution in [0.1, 0.15) is 24.8 Å². The van der Waals surface area contributed by atoms with Gasteiger partial charge in [0, 0.05) is 24.4 Å². The number of hydrogen-bond acceptors (Lipinski definition) is 6. The molecule has 1 aromatic heterocycles. The van der Waals surface area contributed by atoms with Crippen LogP contribution < -0.4 is 14.8 Å². The van der Waals surface area contributed by atoms with Crippen LogP contribution in [0.5, 0.6) is 5.75 Å². The smallest absolute Gasteiger partial charge is 0.305 e. The number of unbranched alkanes of at least 4 members (excludes halogenated alkanes) is 1. The van der Waals surface area contributed by atoms with Gasteiger partial charge >= 0.3 is 5.97 Å². The zero-order valence-electron chi connectivity index (χ0n) is 19.1. The van der Waals surface area contributed by atoms with Crippen molar-refractivity contribution >= 4 is 21.8 Å². The topological polar surface area (TPSA) is 118 Å². The molecule has 0 aliphatic heterocycles. The lowest BCUT2D eigenvalue weighted by Crippen LogP contribution is -2.35. The molecule has 2 aromatic carbocycles. The van der Waals surface area contributed by atoms with E-state index in [0.29, 0.717) is 17.9 Å². The number of hydrogen-bond donors (Lipinski definition) is 3. The molecule has 0 fully saturated rings. The third kappa shape index (κ3) is 9.12. The number of carboxylic acid groups (broad SMARTS) is 1. The van der Waals surface area contributed by atoms with E-state index >= 15 is 0 Å². The number of sulfonamides is 1. The number of carboxylic acids is 1. The third-order valence-electron chi connectivity index (χ3n) is 4.77. The zero-order chi connectivity index (χ0) is 24.9. The molecule has 35 heavy (non-hydrogen) atoms. The molecule has 1 atom stereocenters. The summed E-state index contributed by atoms with van der Waals surface area (Å²) in [5, 5.41) is 12.4. The van der Waals surface area contributed by atoms with E-state index in [1.54, 1.807) is 42.6 Å². The van der Waals surface area contributed by atoms with Crippen molar-refractivity contribution < 1.29 is 23.1 Å². The Balaban J connectivity index is 1.55. The standard InChI is InChI=1S/C26H27N3O5S/c30-26(31)19-22(15-14-21-9-2-1-3-10-21)29-35(32,33)24-12-8-11-23(20-24)34-18-7-6-17-28-25-13-4-5-16-27-25/h1-5,8-13,16,20,22,29H,6-7,17-19H2,(H,27,28)(H,30,31). The number of nitrogens with one attached hydrogen (secondary N) is 2. The Hall–Kier alpha value is -3.87. The Morgan fingerprint density at radius 1 is 1.03 bits per heavy atom. The minimum atomic E-state index is -4.01. The van der Waals surface area contributed by atoms with Crippen molar-refractivity contribution in [2.24, 2.45) is 0 Å². The molecule has 3 aromatic rings. The summed E-state index contributed by atoms with van der Waals surface area (Å²) < 4.78 is 33.9. The quantitative estimate of drug-likeness (QED) is 0.261. The first kappa shape index (κ1) is 25.7. The molecule has 1 unspecified atom stereocenters. The van der Waals surface area contributed by atoms with E-state index in [1.165, 1.54) is 12.1 Å². The van der Waals surface area contributed by atoms with E-state index in [0.717, 1.165) is 25.2 Å². The lowest BCUT2D eigenvalue weighted by molar-refractivity contribution is -0.137. The summed E-state index contributed by atoms with van der Waals surface area (Å²) in [7, 11) is -4.01. The molecule has 0 spiro atoms. The lowest BCUT2D eigenvalue weighted by atomic mass is 10.2. The van der Waals surface area contributed by atoms with Gasteiger partial charge in [-0.05, 0) is 49.2 Å². The van der Waals surface area contributed by atoms with Crippen molar-refractivity contribution in [2.75, 3.05) is 18.5 Å². The maximum Gasteiger partial charge on any atom is 0.305 e. The Morgan fingerprint density at radius 2 is 1.83 bits per heavy atom. The van der Waals surface area contributed by atoms with Crippen LogP contribution in [-0.2, 0) is 14.8 Å². The molecular formula is C26H27N3O5S. The van der Waals surface area contributed by atoms with Gasteiger partial charge in [-0.3, -0.25) is 4.79 Å². The molecule has 0 radical (unpaired) electrons. The molecule has 0 saturated carbocycles. The van der Waals surface area contributed by atoms with Crippen molar-refractivity contribution in [1.29, 1.82) is 0 Å². The first-order valence-electron chi connectivity index (χ1n) is 11.1. The Morgan fingerprint density at radius 3 is 2.57 bits per heavy atom. The van der Waals surface area contributed by atoms with Crippen LogP contribution >= 0.6 is 0 Å².